The van der Waals surface area contributed by atoms with Crippen molar-refractivity contribution in [2.45, 2.75) is 19.3 Å². The molecule has 0 bridgehead atoms. The van der Waals surface area contributed by atoms with Gasteiger partial charge in [-0.3, -0.25) is 14.9 Å². The summed E-state index contributed by atoms with van der Waals surface area (Å²) >= 11 is 1.38. The van der Waals surface area contributed by atoms with E-state index < -0.39 is 5.41 Å². The third-order valence-electron chi connectivity index (χ3n) is 4.93. The maximum Gasteiger partial charge on any atom is 0.257 e. The first-order valence-electron chi connectivity index (χ1n) is 8.63. The molecule has 3 aromatic rings. The number of carbonyl (C=O) groups is 2. The second kappa shape index (κ2) is 6.32. The second-order valence-electron chi connectivity index (χ2n) is 7.08. The van der Waals surface area contributed by atoms with Crippen LogP contribution in [0.25, 0.3) is 11.3 Å². The van der Waals surface area contributed by atoms with E-state index in [1.54, 1.807) is 24.1 Å². The number of nitrogens with one attached hydrogen (secondary N) is 1. The smallest absolute Gasteiger partial charge is 0.257 e. The number of benzene rings is 2. The van der Waals surface area contributed by atoms with Gasteiger partial charge in [-0.1, -0.05) is 24.3 Å². The molecule has 0 radical (unpaired) electrons. The maximum atomic E-state index is 12.5. The first-order valence-corrected chi connectivity index (χ1v) is 9.51. The zero-order valence-corrected chi connectivity index (χ0v) is 16.1. The first-order chi connectivity index (χ1) is 12.9. The average Bonchev–Trinajstić information content (AvgIpc) is 3.21. The summed E-state index contributed by atoms with van der Waals surface area (Å²) in [6, 6.07) is 15.0. The zero-order valence-electron chi connectivity index (χ0n) is 15.3. The van der Waals surface area contributed by atoms with Crippen LogP contribution in [0.2, 0.25) is 0 Å². The molecule has 0 fully saturated rings. The highest BCUT2D eigenvalue weighted by atomic mass is 32.1. The molecule has 27 heavy (non-hydrogen) atoms. The monoisotopic (exact) mass is 377 g/mol. The van der Waals surface area contributed by atoms with Crippen LogP contribution in [0.15, 0.2) is 53.9 Å². The average molecular weight is 377 g/mol. The van der Waals surface area contributed by atoms with E-state index in [0.29, 0.717) is 10.7 Å². The minimum atomic E-state index is -0.555. The van der Waals surface area contributed by atoms with E-state index in [9.17, 15) is 9.59 Å². The molecule has 5 nitrogen and oxygen atoms in total. The number of nitrogens with zero attached hydrogens (tertiary/aromatic N) is 2. The summed E-state index contributed by atoms with van der Waals surface area (Å²) in [6.07, 6.45) is 0. The Balaban J connectivity index is 1.61. The van der Waals surface area contributed by atoms with Gasteiger partial charge in [0.1, 0.15) is 0 Å². The van der Waals surface area contributed by atoms with Crippen molar-refractivity contribution in [2.75, 3.05) is 17.3 Å². The highest BCUT2D eigenvalue weighted by Crippen LogP contribution is 2.42. The maximum absolute atomic E-state index is 12.5. The van der Waals surface area contributed by atoms with Gasteiger partial charge in [0, 0.05) is 29.2 Å². The number of carbonyl (C=O) groups excluding carboxylic acids is 2. The summed E-state index contributed by atoms with van der Waals surface area (Å²) in [5, 5.41) is 5.30. The number of rotatable bonds is 3. The quantitative estimate of drug-likeness (QED) is 0.739. The van der Waals surface area contributed by atoms with Crippen LogP contribution in [0.3, 0.4) is 0 Å². The lowest BCUT2D eigenvalue weighted by atomic mass is 9.85. The van der Waals surface area contributed by atoms with Crippen LogP contribution in [-0.2, 0) is 10.2 Å². The van der Waals surface area contributed by atoms with Crippen LogP contribution < -0.4 is 10.2 Å². The van der Waals surface area contributed by atoms with Crippen molar-refractivity contribution in [3.8, 4) is 11.3 Å². The lowest BCUT2D eigenvalue weighted by molar-refractivity contribution is -0.121. The van der Waals surface area contributed by atoms with E-state index >= 15 is 0 Å². The third-order valence-corrected chi connectivity index (χ3v) is 5.68. The highest BCUT2D eigenvalue weighted by molar-refractivity contribution is 7.14. The van der Waals surface area contributed by atoms with Gasteiger partial charge in [-0.05, 0) is 43.7 Å². The Morgan fingerprint density at radius 2 is 1.89 bits per heavy atom. The Bertz CT molecular complexity index is 1040. The molecule has 6 heteroatoms. The fraction of sp³-hybridized carbons (Fsp3) is 0.190. The summed E-state index contributed by atoms with van der Waals surface area (Å²) in [6.45, 7) is 3.88. The van der Waals surface area contributed by atoms with Gasteiger partial charge in [0.15, 0.2) is 5.13 Å². The normalized spacial score (nSPS) is 14.9. The topological polar surface area (TPSA) is 62.3 Å². The van der Waals surface area contributed by atoms with Gasteiger partial charge in [0.25, 0.3) is 5.91 Å². The number of anilines is 2. The van der Waals surface area contributed by atoms with Gasteiger partial charge in [-0.15, -0.1) is 11.3 Å². The number of amides is 2. The minimum absolute atomic E-state index is 0.0868. The number of thiazole rings is 1. The van der Waals surface area contributed by atoms with Crippen molar-refractivity contribution in [1.29, 1.82) is 0 Å². The lowest BCUT2D eigenvalue weighted by Crippen LogP contribution is -2.33. The van der Waals surface area contributed by atoms with E-state index in [0.717, 1.165) is 22.5 Å². The van der Waals surface area contributed by atoms with Crippen LogP contribution >= 0.6 is 11.3 Å². The molecular weight excluding hydrogens is 358 g/mol. The van der Waals surface area contributed by atoms with E-state index in [1.165, 1.54) is 11.3 Å². The predicted molar refractivity (Wildman–Crippen MR) is 108 cm³/mol. The van der Waals surface area contributed by atoms with Crippen molar-refractivity contribution < 1.29 is 9.59 Å². The molecular formula is C21H19N3O2S. The molecule has 136 valence electrons. The van der Waals surface area contributed by atoms with E-state index in [1.807, 2.05) is 55.6 Å². The van der Waals surface area contributed by atoms with Crippen LogP contribution in [-0.4, -0.2) is 23.8 Å². The fourth-order valence-corrected chi connectivity index (χ4v) is 4.07. The molecule has 4 rings (SSSR count). The molecule has 0 unspecified atom stereocenters. The van der Waals surface area contributed by atoms with Crippen LogP contribution in [0, 0.1) is 0 Å². The standard InChI is InChI=1S/C21H19N3O2S/c1-21(2)15-11-14(9-10-17(15)24(3)19(21)26)16-12-27-20(22-16)23-18(25)13-7-5-4-6-8-13/h4-12H,1-3H3,(H,22,23,25). The van der Waals surface area contributed by atoms with Crippen LogP contribution in [0.1, 0.15) is 29.8 Å². The molecule has 2 amide bonds. The van der Waals surface area contributed by atoms with Gasteiger partial charge in [0.2, 0.25) is 5.91 Å². The molecule has 1 N–H and O–H groups in total. The molecule has 0 saturated heterocycles. The minimum Gasteiger partial charge on any atom is -0.314 e. The lowest BCUT2D eigenvalue weighted by Gasteiger charge is -2.16. The third kappa shape index (κ3) is 2.92. The summed E-state index contributed by atoms with van der Waals surface area (Å²) in [5.74, 6) is -0.0949. The van der Waals surface area contributed by atoms with Crippen LogP contribution in [0.5, 0.6) is 0 Å². The molecule has 0 aliphatic carbocycles. The molecule has 1 aromatic heterocycles. The SMILES string of the molecule is CN1C(=O)C(C)(C)c2cc(-c3csc(NC(=O)c4ccccc4)n3)ccc21. The highest BCUT2D eigenvalue weighted by Gasteiger charge is 2.42. The summed E-state index contributed by atoms with van der Waals surface area (Å²) in [7, 11) is 1.80. The van der Waals surface area contributed by atoms with Gasteiger partial charge >= 0.3 is 0 Å². The van der Waals surface area contributed by atoms with E-state index in [2.05, 4.69) is 10.3 Å². The first kappa shape index (κ1) is 17.4. The van der Waals surface area contributed by atoms with Gasteiger partial charge in [-0.25, -0.2) is 4.98 Å². The molecule has 0 atom stereocenters. The van der Waals surface area contributed by atoms with Crippen molar-refractivity contribution in [1.82, 2.24) is 4.98 Å². The van der Waals surface area contributed by atoms with Crippen molar-refractivity contribution >= 4 is 34.0 Å². The Labute approximate surface area is 161 Å². The fourth-order valence-electron chi connectivity index (χ4n) is 3.35. The van der Waals surface area contributed by atoms with Gasteiger partial charge in [-0.2, -0.15) is 0 Å². The number of fused-ring (bicyclic) bond motifs is 1. The van der Waals surface area contributed by atoms with Crippen molar-refractivity contribution in [3.63, 3.8) is 0 Å². The number of hydrogen-bond donors (Lipinski definition) is 1. The number of likely N-dealkylation sites (N-methyl/N-ethyl adjacent to an activating group) is 1. The Morgan fingerprint density at radius 3 is 2.63 bits per heavy atom. The Hall–Kier alpha value is -2.99. The van der Waals surface area contributed by atoms with Gasteiger partial charge < -0.3 is 4.90 Å². The summed E-state index contributed by atoms with van der Waals surface area (Å²) in [5.41, 5.74) is 3.68. The summed E-state index contributed by atoms with van der Waals surface area (Å²) < 4.78 is 0. The largest absolute Gasteiger partial charge is 0.314 e. The van der Waals surface area contributed by atoms with Crippen molar-refractivity contribution in [3.05, 3.63) is 65.0 Å². The van der Waals surface area contributed by atoms with Crippen molar-refractivity contribution in [2.24, 2.45) is 0 Å². The van der Waals surface area contributed by atoms with E-state index in [-0.39, 0.29) is 11.8 Å². The van der Waals surface area contributed by atoms with E-state index in [4.69, 9.17) is 0 Å². The molecule has 2 aromatic carbocycles. The molecule has 0 spiro atoms. The predicted octanol–water partition coefficient (Wildman–Crippen LogP) is 4.32. The summed E-state index contributed by atoms with van der Waals surface area (Å²) in [4.78, 5) is 31.0. The molecule has 2 heterocycles. The zero-order chi connectivity index (χ0) is 19.2. The second-order valence-corrected chi connectivity index (χ2v) is 7.94. The number of aromatic nitrogens is 1. The van der Waals surface area contributed by atoms with Gasteiger partial charge in [0.05, 0.1) is 11.1 Å². The Morgan fingerprint density at radius 1 is 1.15 bits per heavy atom. The number of hydrogen-bond acceptors (Lipinski definition) is 4. The molecule has 1 aliphatic rings. The molecule has 1 aliphatic heterocycles. The molecule has 0 saturated carbocycles. The Kier molecular flexibility index (Phi) is 4.08. The van der Waals surface area contributed by atoms with Crippen LogP contribution in [0.4, 0.5) is 10.8 Å².